The standard InChI is InChI=1S/C11H15N3O2.ClH/c1-8-6-12-4-5-14(8)11(16)9-2-3-10(15)13-7-9;/h2-3,7-8,12H,4-6H2,1H3,(H,13,15);1H. The van der Waals surface area contributed by atoms with Crippen LogP contribution in [0.15, 0.2) is 23.1 Å². The van der Waals surface area contributed by atoms with Gasteiger partial charge < -0.3 is 15.2 Å². The molecule has 2 rings (SSSR count). The van der Waals surface area contributed by atoms with E-state index in [9.17, 15) is 9.59 Å². The number of rotatable bonds is 1. The second-order valence-electron chi connectivity index (χ2n) is 3.99. The number of halogens is 1. The van der Waals surface area contributed by atoms with Crippen molar-refractivity contribution in [1.29, 1.82) is 0 Å². The minimum absolute atomic E-state index is 0. The highest BCUT2D eigenvalue weighted by molar-refractivity contribution is 5.94. The third kappa shape index (κ3) is 3.08. The largest absolute Gasteiger partial charge is 0.333 e. The first kappa shape index (κ1) is 13.7. The summed E-state index contributed by atoms with van der Waals surface area (Å²) in [5.41, 5.74) is 0.346. The molecule has 17 heavy (non-hydrogen) atoms. The molecular weight excluding hydrogens is 242 g/mol. The van der Waals surface area contributed by atoms with Crippen LogP contribution in [0.2, 0.25) is 0 Å². The molecular formula is C11H16ClN3O2. The van der Waals surface area contributed by atoms with E-state index >= 15 is 0 Å². The fraction of sp³-hybridized carbons (Fsp3) is 0.455. The lowest BCUT2D eigenvalue weighted by Crippen LogP contribution is -2.52. The van der Waals surface area contributed by atoms with Crippen molar-refractivity contribution in [3.8, 4) is 0 Å². The van der Waals surface area contributed by atoms with Crippen molar-refractivity contribution in [3.63, 3.8) is 0 Å². The smallest absolute Gasteiger partial charge is 0.255 e. The quantitative estimate of drug-likeness (QED) is 0.757. The number of aromatic amines is 1. The molecule has 1 fully saturated rings. The molecule has 1 saturated heterocycles. The molecule has 0 spiro atoms. The first-order valence-electron chi connectivity index (χ1n) is 5.39. The predicted molar refractivity (Wildman–Crippen MR) is 67.7 cm³/mol. The van der Waals surface area contributed by atoms with E-state index in [0.717, 1.165) is 13.1 Å². The lowest BCUT2D eigenvalue weighted by molar-refractivity contribution is 0.0655. The molecule has 1 atom stereocenters. The van der Waals surface area contributed by atoms with E-state index in [0.29, 0.717) is 12.1 Å². The zero-order chi connectivity index (χ0) is 11.5. The number of nitrogens with one attached hydrogen (secondary N) is 2. The van der Waals surface area contributed by atoms with Gasteiger partial charge in [-0.1, -0.05) is 0 Å². The number of pyridine rings is 1. The van der Waals surface area contributed by atoms with E-state index in [1.54, 1.807) is 6.07 Å². The molecule has 2 heterocycles. The molecule has 0 aliphatic carbocycles. The summed E-state index contributed by atoms with van der Waals surface area (Å²) < 4.78 is 0. The molecule has 1 aliphatic rings. The van der Waals surface area contributed by atoms with Gasteiger partial charge in [0.05, 0.1) is 5.56 Å². The molecule has 0 bridgehead atoms. The van der Waals surface area contributed by atoms with Gasteiger partial charge in [0.2, 0.25) is 5.56 Å². The summed E-state index contributed by atoms with van der Waals surface area (Å²) in [4.78, 5) is 27.3. The molecule has 1 aromatic rings. The van der Waals surface area contributed by atoms with Gasteiger partial charge in [0, 0.05) is 37.9 Å². The Labute approximate surface area is 106 Å². The number of aromatic nitrogens is 1. The Kier molecular flexibility index (Phi) is 4.72. The second kappa shape index (κ2) is 5.84. The molecule has 94 valence electrons. The van der Waals surface area contributed by atoms with Crippen LogP contribution in [0.5, 0.6) is 0 Å². The van der Waals surface area contributed by atoms with Crippen molar-refractivity contribution in [2.24, 2.45) is 0 Å². The van der Waals surface area contributed by atoms with E-state index in [1.807, 2.05) is 11.8 Å². The van der Waals surface area contributed by atoms with Gasteiger partial charge in [-0.25, -0.2) is 0 Å². The van der Waals surface area contributed by atoms with Gasteiger partial charge >= 0.3 is 0 Å². The van der Waals surface area contributed by atoms with Gasteiger partial charge in [0.1, 0.15) is 0 Å². The Morgan fingerprint density at radius 2 is 2.24 bits per heavy atom. The van der Waals surface area contributed by atoms with Crippen LogP contribution in [0.1, 0.15) is 17.3 Å². The fourth-order valence-corrected chi connectivity index (χ4v) is 1.85. The minimum atomic E-state index is -0.190. The van der Waals surface area contributed by atoms with Gasteiger partial charge in [-0.05, 0) is 13.0 Å². The number of carbonyl (C=O) groups is 1. The average Bonchev–Trinajstić information content (AvgIpc) is 2.30. The van der Waals surface area contributed by atoms with Crippen molar-refractivity contribution < 1.29 is 4.79 Å². The lowest BCUT2D eigenvalue weighted by Gasteiger charge is -2.33. The Hall–Kier alpha value is -1.33. The number of hydrogen-bond donors (Lipinski definition) is 2. The van der Waals surface area contributed by atoms with Crippen LogP contribution in [0.4, 0.5) is 0 Å². The van der Waals surface area contributed by atoms with Crippen LogP contribution >= 0.6 is 12.4 Å². The number of amides is 1. The Balaban J connectivity index is 0.00000144. The average molecular weight is 258 g/mol. The Morgan fingerprint density at radius 3 is 2.82 bits per heavy atom. The van der Waals surface area contributed by atoms with Gasteiger partial charge in [0.25, 0.3) is 5.91 Å². The topological polar surface area (TPSA) is 65.2 Å². The Morgan fingerprint density at radius 1 is 1.47 bits per heavy atom. The number of nitrogens with zero attached hydrogens (tertiary/aromatic N) is 1. The number of carbonyl (C=O) groups excluding carboxylic acids is 1. The predicted octanol–water partition coefficient (Wildman–Crippen LogP) is 0.231. The first-order chi connectivity index (χ1) is 7.68. The second-order valence-corrected chi connectivity index (χ2v) is 3.99. The summed E-state index contributed by atoms with van der Waals surface area (Å²) in [5, 5.41) is 3.23. The molecule has 6 heteroatoms. The normalized spacial score (nSPS) is 19.6. The van der Waals surface area contributed by atoms with Gasteiger partial charge in [-0.2, -0.15) is 0 Å². The summed E-state index contributed by atoms with van der Waals surface area (Å²) in [5.74, 6) is -0.0229. The lowest BCUT2D eigenvalue weighted by atomic mass is 10.1. The molecule has 1 aliphatic heterocycles. The van der Waals surface area contributed by atoms with E-state index in [-0.39, 0.29) is 29.9 Å². The molecule has 0 radical (unpaired) electrons. The molecule has 0 saturated carbocycles. The van der Waals surface area contributed by atoms with Crippen LogP contribution in [-0.4, -0.2) is 41.5 Å². The summed E-state index contributed by atoms with van der Waals surface area (Å²) in [6, 6.07) is 3.13. The maximum absolute atomic E-state index is 12.1. The highest BCUT2D eigenvalue weighted by Crippen LogP contribution is 2.08. The minimum Gasteiger partial charge on any atom is -0.333 e. The summed E-state index contributed by atoms with van der Waals surface area (Å²) in [6.07, 6.45) is 1.47. The van der Waals surface area contributed by atoms with Crippen molar-refractivity contribution in [2.75, 3.05) is 19.6 Å². The molecule has 2 N–H and O–H groups in total. The highest BCUT2D eigenvalue weighted by Gasteiger charge is 2.23. The number of H-pyrrole nitrogens is 1. The van der Waals surface area contributed by atoms with E-state index < -0.39 is 0 Å². The molecule has 0 aromatic carbocycles. The van der Waals surface area contributed by atoms with Crippen LogP contribution in [0.25, 0.3) is 0 Å². The molecule has 1 unspecified atom stereocenters. The van der Waals surface area contributed by atoms with Gasteiger partial charge in [-0.3, -0.25) is 9.59 Å². The molecule has 5 nitrogen and oxygen atoms in total. The summed E-state index contributed by atoms with van der Waals surface area (Å²) >= 11 is 0. The van der Waals surface area contributed by atoms with Crippen molar-refractivity contribution >= 4 is 18.3 Å². The molecule has 1 aromatic heterocycles. The summed E-state index contributed by atoms with van der Waals surface area (Å²) in [6.45, 7) is 4.35. The van der Waals surface area contributed by atoms with Crippen LogP contribution in [-0.2, 0) is 0 Å². The van der Waals surface area contributed by atoms with Crippen LogP contribution in [0, 0.1) is 0 Å². The van der Waals surface area contributed by atoms with E-state index in [2.05, 4.69) is 10.3 Å². The third-order valence-corrected chi connectivity index (χ3v) is 2.79. The third-order valence-electron chi connectivity index (χ3n) is 2.79. The maximum atomic E-state index is 12.1. The fourth-order valence-electron chi connectivity index (χ4n) is 1.85. The van der Waals surface area contributed by atoms with Crippen molar-refractivity contribution in [1.82, 2.24) is 15.2 Å². The molecule has 1 amide bonds. The maximum Gasteiger partial charge on any atom is 0.255 e. The van der Waals surface area contributed by atoms with E-state index in [1.165, 1.54) is 12.3 Å². The summed E-state index contributed by atoms with van der Waals surface area (Å²) in [7, 11) is 0. The van der Waals surface area contributed by atoms with Crippen LogP contribution in [0.3, 0.4) is 0 Å². The van der Waals surface area contributed by atoms with Gasteiger partial charge in [0.15, 0.2) is 0 Å². The first-order valence-corrected chi connectivity index (χ1v) is 5.39. The number of piperazine rings is 1. The zero-order valence-corrected chi connectivity index (χ0v) is 10.4. The Bertz CT molecular complexity index is 426. The zero-order valence-electron chi connectivity index (χ0n) is 9.60. The van der Waals surface area contributed by atoms with Crippen LogP contribution < -0.4 is 10.9 Å². The number of hydrogen-bond acceptors (Lipinski definition) is 3. The SMILES string of the molecule is CC1CNCCN1C(=O)c1ccc(=O)[nH]c1.Cl. The highest BCUT2D eigenvalue weighted by atomic mass is 35.5. The van der Waals surface area contributed by atoms with Crippen molar-refractivity contribution in [2.45, 2.75) is 13.0 Å². The van der Waals surface area contributed by atoms with E-state index in [4.69, 9.17) is 0 Å². The van der Waals surface area contributed by atoms with Gasteiger partial charge in [-0.15, -0.1) is 12.4 Å². The monoisotopic (exact) mass is 257 g/mol. The van der Waals surface area contributed by atoms with Crippen molar-refractivity contribution in [3.05, 3.63) is 34.2 Å².